The molecule has 0 radical (unpaired) electrons. The van der Waals surface area contributed by atoms with Gasteiger partial charge in [0.1, 0.15) is 17.9 Å². The Bertz CT molecular complexity index is 870. The van der Waals surface area contributed by atoms with Crippen molar-refractivity contribution in [3.05, 3.63) is 51.9 Å². The third-order valence-electron chi connectivity index (χ3n) is 3.98. The van der Waals surface area contributed by atoms with E-state index in [0.717, 1.165) is 12.8 Å². The Balaban J connectivity index is 2.24. The van der Waals surface area contributed by atoms with Crippen molar-refractivity contribution in [1.29, 1.82) is 0 Å². The van der Waals surface area contributed by atoms with Crippen LogP contribution >= 0.6 is 0 Å². The summed E-state index contributed by atoms with van der Waals surface area (Å²) in [6, 6.07) is 5.24. The van der Waals surface area contributed by atoms with Crippen LogP contribution in [0.4, 0.5) is 0 Å². The van der Waals surface area contributed by atoms with Crippen LogP contribution in [0.3, 0.4) is 0 Å². The second-order valence-corrected chi connectivity index (χ2v) is 6.30. The highest BCUT2D eigenvalue weighted by Gasteiger charge is 2.17. The van der Waals surface area contributed by atoms with E-state index in [-0.39, 0.29) is 5.75 Å². The van der Waals surface area contributed by atoms with Gasteiger partial charge in [0, 0.05) is 6.07 Å². The van der Waals surface area contributed by atoms with Gasteiger partial charge in [0.05, 0.1) is 19.6 Å². The van der Waals surface area contributed by atoms with Gasteiger partial charge in [-0.1, -0.05) is 17.2 Å². The van der Waals surface area contributed by atoms with Crippen molar-refractivity contribution in [3.63, 3.8) is 0 Å². The zero-order valence-electron chi connectivity index (χ0n) is 16.0. The van der Waals surface area contributed by atoms with Crippen LogP contribution in [0.15, 0.2) is 50.7 Å². The highest BCUT2D eigenvalue weighted by atomic mass is 16.5. The van der Waals surface area contributed by atoms with E-state index in [1.807, 2.05) is 6.08 Å². The molecule has 5 heteroatoms. The molecule has 0 saturated carbocycles. The first-order valence-corrected chi connectivity index (χ1v) is 8.57. The molecule has 2 aromatic rings. The molecule has 5 nitrogen and oxygen atoms in total. The van der Waals surface area contributed by atoms with Crippen molar-refractivity contribution >= 4 is 11.0 Å². The Morgan fingerprint density at radius 2 is 1.85 bits per heavy atom. The van der Waals surface area contributed by atoms with E-state index in [1.54, 1.807) is 25.3 Å². The van der Waals surface area contributed by atoms with Crippen LogP contribution in [-0.4, -0.2) is 20.8 Å². The van der Waals surface area contributed by atoms with Crippen molar-refractivity contribution in [2.45, 2.75) is 33.6 Å². The Kier molecular flexibility index (Phi) is 6.89. The predicted molar refractivity (Wildman–Crippen MR) is 104 cm³/mol. The molecule has 0 aliphatic heterocycles. The molecule has 1 heterocycles. The van der Waals surface area contributed by atoms with Crippen LogP contribution < -0.4 is 19.8 Å². The third kappa shape index (κ3) is 4.91. The quantitative estimate of drug-likeness (QED) is 0.497. The van der Waals surface area contributed by atoms with Crippen molar-refractivity contribution < 1.29 is 18.6 Å². The summed E-state index contributed by atoms with van der Waals surface area (Å²) in [4.78, 5) is 12.2. The zero-order chi connectivity index (χ0) is 19.1. The first kappa shape index (κ1) is 19.6. The molecule has 1 aromatic carbocycles. The van der Waals surface area contributed by atoms with E-state index in [1.165, 1.54) is 18.3 Å². The summed E-state index contributed by atoms with van der Waals surface area (Å²) in [6.45, 7) is 6.61. The van der Waals surface area contributed by atoms with Gasteiger partial charge in [-0.3, -0.25) is 0 Å². The second kappa shape index (κ2) is 9.13. The van der Waals surface area contributed by atoms with Crippen molar-refractivity contribution in [2.24, 2.45) is 0 Å². The molecule has 0 amide bonds. The Hall–Kier alpha value is -2.69. The van der Waals surface area contributed by atoms with Gasteiger partial charge in [-0.05, 0) is 51.8 Å². The van der Waals surface area contributed by atoms with E-state index in [2.05, 4.69) is 26.8 Å². The zero-order valence-corrected chi connectivity index (χ0v) is 16.0. The molecule has 2 rings (SSSR count). The van der Waals surface area contributed by atoms with Crippen molar-refractivity contribution in [2.75, 3.05) is 20.8 Å². The van der Waals surface area contributed by atoms with E-state index in [0.29, 0.717) is 29.1 Å². The van der Waals surface area contributed by atoms with Crippen LogP contribution in [-0.2, 0) is 0 Å². The second-order valence-electron chi connectivity index (χ2n) is 6.30. The van der Waals surface area contributed by atoms with Crippen LogP contribution in [0, 0.1) is 0 Å². The number of hydrogen-bond acceptors (Lipinski definition) is 5. The van der Waals surface area contributed by atoms with Gasteiger partial charge >= 0.3 is 5.63 Å². The molecule has 0 bridgehead atoms. The summed E-state index contributed by atoms with van der Waals surface area (Å²) in [7, 11) is 2.98. The molecule has 1 aromatic heterocycles. The smallest absolute Gasteiger partial charge is 0.383 e. The maximum atomic E-state index is 12.2. The van der Waals surface area contributed by atoms with Crippen LogP contribution in [0.1, 0.15) is 33.6 Å². The lowest BCUT2D eigenvalue weighted by Gasteiger charge is -2.12. The number of fused-ring (bicyclic) bond motifs is 1. The lowest BCUT2D eigenvalue weighted by Crippen LogP contribution is -2.08. The average molecular weight is 358 g/mol. The monoisotopic (exact) mass is 358 g/mol. The number of ether oxygens (including phenoxy) is 3. The van der Waals surface area contributed by atoms with Gasteiger partial charge < -0.3 is 18.6 Å². The van der Waals surface area contributed by atoms with Gasteiger partial charge in [-0.15, -0.1) is 0 Å². The molecule has 26 heavy (non-hydrogen) atoms. The SMILES string of the molecule is COc1ccc2c(OCC=C(C)CCC=C(C)C)c(OC)c(=O)oc2c1. The minimum absolute atomic E-state index is 0.0678. The molecule has 0 N–H and O–H groups in total. The molecule has 0 spiro atoms. The van der Waals surface area contributed by atoms with Gasteiger partial charge in [-0.25, -0.2) is 4.79 Å². The summed E-state index contributed by atoms with van der Waals surface area (Å²) in [5.74, 6) is 1.06. The van der Waals surface area contributed by atoms with Crippen molar-refractivity contribution in [3.8, 4) is 17.2 Å². The van der Waals surface area contributed by atoms with E-state index < -0.39 is 5.63 Å². The summed E-state index contributed by atoms with van der Waals surface area (Å²) in [6.07, 6.45) is 6.21. The Morgan fingerprint density at radius 3 is 2.50 bits per heavy atom. The Morgan fingerprint density at radius 1 is 1.08 bits per heavy atom. The maximum absolute atomic E-state index is 12.2. The van der Waals surface area contributed by atoms with Crippen LogP contribution in [0.5, 0.6) is 17.2 Å². The molecule has 0 fully saturated rings. The highest BCUT2D eigenvalue weighted by molar-refractivity contribution is 5.86. The lowest BCUT2D eigenvalue weighted by atomic mass is 10.1. The summed E-state index contributed by atoms with van der Waals surface area (Å²) in [5, 5.41) is 0.665. The molecule has 0 saturated heterocycles. The van der Waals surface area contributed by atoms with E-state index in [4.69, 9.17) is 18.6 Å². The first-order chi connectivity index (χ1) is 12.5. The van der Waals surface area contributed by atoms with Gasteiger partial charge in [0.15, 0.2) is 5.75 Å². The number of benzene rings is 1. The number of methoxy groups -OCH3 is 2. The third-order valence-corrected chi connectivity index (χ3v) is 3.98. The molecule has 140 valence electrons. The van der Waals surface area contributed by atoms with Crippen LogP contribution in [0.25, 0.3) is 11.0 Å². The number of hydrogen-bond donors (Lipinski definition) is 0. The van der Waals surface area contributed by atoms with Gasteiger partial charge in [0.2, 0.25) is 5.75 Å². The maximum Gasteiger partial charge on any atom is 0.383 e. The summed E-state index contributed by atoms with van der Waals surface area (Å²) in [5.41, 5.74) is 2.37. The fourth-order valence-corrected chi connectivity index (χ4v) is 2.54. The lowest BCUT2D eigenvalue weighted by molar-refractivity contribution is 0.315. The average Bonchev–Trinajstić information content (AvgIpc) is 2.60. The first-order valence-electron chi connectivity index (χ1n) is 8.57. The minimum Gasteiger partial charge on any atom is -0.497 e. The fraction of sp³-hybridized carbons (Fsp3) is 0.381. The number of rotatable bonds is 8. The van der Waals surface area contributed by atoms with Crippen LogP contribution in [0.2, 0.25) is 0 Å². The largest absolute Gasteiger partial charge is 0.497 e. The fourth-order valence-electron chi connectivity index (χ4n) is 2.54. The van der Waals surface area contributed by atoms with E-state index >= 15 is 0 Å². The summed E-state index contributed by atoms with van der Waals surface area (Å²) < 4.78 is 21.6. The molecule has 0 aliphatic rings. The molecule has 0 unspecified atom stereocenters. The molecule has 0 aliphatic carbocycles. The normalized spacial score (nSPS) is 11.3. The van der Waals surface area contributed by atoms with E-state index in [9.17, 15) is 4.79 Å². The predicted octanol–water partition coefficient (Wildman–Crippen LogP) is 4.88. The number of allylic oxidation sites excluding steroid dienone is 3. The topological polar surface area (TPSA) is 57.9 Å². The molecular formula is C21H26O5. The summed E-state index contributed by atoms with van der Waals surface area (Å²) >= 11 is 0. The van der Waals surface area contributed by atoms with Gasteiger partial charge in [-0.2, -0.15) is 0 Å². The van der Waals surface area contributed by atoms with Gasteiger partial charge in [0.25, 0.3) is 0 Å². The molecule has 0 atom stereocenters. The Labute approximate surface area is 153 Å². The minimum atomic E-state index is -0.576. The molecular weight excluding hydrogens is 332 g/mol. The highest BCUT2D eigenvalue weighted by Crippen LogP contribution is 2.34. The van der Waals surface area contributed by atoms with Crippen molar-refractivity contribution in [1.82, 2.24) is 0 Å². The standard InChI is InChI=1S/C21H26O5/c1-14(2)7-6-8-15(3)11-12-25-19-17-10-9-16(23-4)13-18(17)26-21(22)20(19)24-5/h7,9-11,13H,6,8,12H2,1-5H3.